The summed E-state index contributed by atoms with van der Waals surface area (Å²) in [6, 6.07) is 1.53. The molecule has 2 nitrogen and oxygen atoms in total. The molecule has 1 aromatic carbocycles. The van der Waals surface area contributed by atoms with Gasteiger partial charge in [0, 0.05) is 11.1 Å². The normalized spacial score (nSPS) is 14.2. The number of Topliss-reactive ketones (excluding diaryl/α,β-unsaturated/α-hetero) is 1. The lowest BCUT2D eigenvalue weighted by Gasteiger charge is -2.36. The number of hydrogen-bond acceptors (Lipinski definition) is 2. The minimum atomic E-state index is -7.68. The Balaban J connectivity index is 3.42. The zero-order valence-corrected chi connectivity index (χ0v) is 12.9. The van der Waals surface area contributed by atoms with Gasteiger partial charge in [0.15, 0.2) is 0 Å². The van der Waals surface area contributed by atoms with E-state index in [1.165, 1.54) is 0 Å². The second kappa shape index (κ2) is 6.60. The molecule has 0 aliphatic carbocycles. The maximum Gasteiger partial charge on any atom is 0.460 e. The first-order valence-corrected chi connectivity index (χ1v) is 6.63. The Morgan fingerprint density at radius 2 is 1.00 bits per heavy atom. The summed E-state index contributed by atoms with van der Waals surface area (Å²) >= 11 is 4.97. The third-order valence-corrected chi connectivity index (χ3v) is 3.42. The summed E-state index contributed by atoms with van der Waals surface area (Å²) in [6.45, 7) is 0. The average Bonchev–Trinajstić information content (AvgIpc) is 2.52. The predicted octanol–water partition coefficient (Wildman–Crippen LogP) is 5.35. The Hall–Kier alpha value is -1.92. The van der Waals surface area contributed by atoms with Gasteiger partial charge in [0.05, 0.1) is 0 Å². The molecular formula is C13H4ClF11O2. The Morgan fingerprint density at radius 1 is 0.630 bits per heavy atom. The van der Waals surface area contributed by atoms with Crippen LogP contribution in [0.15, 0.2) is 24.3 Å². The van der Waals surface area contributed by atoms with Gasteiger partial charge in [0.25, 0.3) is 5.24 Å². The lowest BCUT2D eigenvalue weighted by Crippen LogP contribution is -2.68. The van der Waals surface area contributed by atoms with Gasteiger partial charge in [0.2, 0.25) is 5.78 Å². The van der Waals surface area contributed by atoms with E-state index in [1.54, 1.807) is 0 Å². The standard InChI is InChI=1S/C13H4ClF11O2/c14-8(27)6-3-1-5(2-4-6)7(26)9(15,16)10(17,18)11(19,20)12(21,22)13(23,24)25/h1-4H. The van der Waals surface area contributed by atoms with Crippen LogP contribution in [0.3, 0.4) is 0 Å². The van der Waals surface area contributed by atoms with Crippen LogP contribution in [0.2, 0.25) is 0 Å². The molecule has 1 aromatic rings. The minimum absolute atomic E-state index is 0.238. The fraction of sp³-hybridized carbons (Fsp3) is 0.385. The maximum atomic E-state index is 13.6. The molecule has 1 rings (SSSR count). The van der Waals surface area contributed by atoms with Crippen LogP contribution in [0.4, 0.5) is 48.3 Å². The molecule has 0 fully saturated rings. The molecular weight excluding hydrogens is 433 g/mol. The van der Waals surface area contributed by atoms with Crippen LogP contribution in [-0.4, -0.2) is 40.9 Å². The number of carbonyl (C=O) groups excluding carboxylic acids is 2. The molecule has 0 unspecified atom stereocenters. The molecule has 27 heavy (non-hydrogen) atoms. The first-order chi connectivity index (χ1) is 11.8. The van der Waals surface area contributed by atoms with E-state index in [-0.39, 0.29) is 12.1 Å². The molecule has 0 spiro atoms. The number of carbonyl (C=O) groups is 2. The Labute approximate surface area is 146 Å². The maximum absolute atomic E-state index is 13.6. The van der Waals surface area contributed by atoms with E-state index in [0.717, 1.165) is 0 Å². The number of ketones is 1. The van der Waals surface area contributed by atoms with Crippen LogP contribution in [0, 0.1) is 0 Å². The summed E-state index contributed by atoms with van der Waals surface area (Å²) in [6.07, 6.45) is -7.32. The molecule has 0 aliphatic heterocycles. The second-order valence-corrected chi connectivity index (χ2v) is 5.32. The highest BCUT2D eigenvalue weighted by molar-refractivity contribution is 6.67. The quantitative estimate of drug-likeness (QED) is 0.342. The summed E-state index contributed by atoms with van der Waals surface area (Å²) in [4.78, 5) is 22.2. The van der Waals surface area contributed by atoms with E-state index < -0.39 is 52.0 Å². The van der Waals surface area contributed by atoms with E-state index in [2.05, 4.69) is 0 Å². The molecule has 0 heterocycles. The Bertz CT molecular complexity index is 738. The van der Waals surface area contributed by atoms with Gasteiger partial charge < -0.3 is 0 Å². The van der Waals surface area contributed by atoms with Crippen molar-refractivity contribution in [3.63, 3.8) is 0 Å². The van der Waals surface area contributed by atoms with Crippen molar-refractivity contribution in [1.82, 2.24) is 0 Å². The van der Waals surface area contributed by atoms with Gasteiger partial charge in [-0.1, -0.05) is 12.1 Å². The topological polar surface area (TPSA) is 34.1 Å². The monoisotopic (exact) mass is 436 g/mol. The lowest BCUT2D eigenvalue weighted by molar-refractivity contribution is -0.415. The molecule has 0 N–H and O–H groups in total. The minimum Gasteiger partial charge on any atom is -0.287 e. The smallest absolute Gasteiger partial charge is 0.287 e. The summed E-state index contributed by atoms with van der Waals surface area (Å²) < 4.78 is 141. The second-order valence-electron chi connectivity index (χ2n) is 4.98. The van der Waals surface area contributed by atoms with Crippen LogP contribution < -0.4 is 0 Å². The highest BCUT2D eigenvalue weighted by atomic mass is 35.5. The van der Waals surface area contributed by atoms with Crippen molar-refractivity contribution in [3.8, 4) is 0 Å². The molecule has 0 aliphatic rings. The van der Waals surface area contributed by atoms with Crippen molar-refractivity contribution in [2.45, 2.75) is 29.9 Å². The van der Waals surface area contributed by atoms with Crippen LogP contribution in [0.1, 0.15) is 20.7 Å². The first-order valence-electron chi connectivity index (χ1n) is 6.25. The molecule has 0 atom stereocenters. The summed E-state index contributed by atoms with van der Waals surface area (Å²) in [7, 11) is 0. The van der Waals surface area contributed by atoms with Gasteiger partial charge in [-0.3, -0.25) is 9.59 Å². The van der Waals surface area contributed by atoms with Gasteiger partial charge in [-0.2, -0.15) is 48.3 Å². The van der Waals surface area contributed by atoms with Crippen LogP contribution in [0.5, 0.6) is 0 Å². The van der Waals surface area contributed by atoms with Crippen molar-refractivity contribution in [2.24, 2.45) is 0 Å². The van der Waals surface area contributed by atoms with E-state index in [1.807, 2.05) is 0 Å². The Morgan fingerprint density at radius 3 is 1.33 bits per heavy atom. The first kappa shape index (κ1) is 23.1. The van der Waals surface area contributed by atoms with Crippen molar-refractivity contribution < 1.29 is 57.9 Å². The molecule has 0 radical (unpaired) electrons. The van der Waals surface area contributed by atoms with E-state index in [0.29, 0.717) is 12.1 Å². The van der Waals surface area contributed by atoms with Crippen molar-refractivity contribution in [3.05, 3.63) is 35.4 Å². The van der Waals surface area contributed by atoms with Gasteiger partial charge in [0.1, 0.15) is 0 Å². The molecule has 0 aromatic heterocycles. The lowest BCUT2D eigenvalue weighted by atomic mass is 9.92. The molecule has 0 amide bonds. The third kappa shape index (κ3) is 3.48. The van der Waals surface area contributed by atoms with E-state index in [4.69, 9.17) is 11.6 Å². The zero-order valence-electron chi connectivity index (χ0n) is 12.2. The van der Waals surface area contributed by atoms with Crippen molar-refractivity contribution >= 4 is 22.6 Å². The molecule has 0 saturated carbocycles. The third-order valence-electron chi connectivity index (χ3n) is 3.20. The largest absolute Gasteiger partial charge is 0.460 e. The van der Waals surface area contributed by atoms with Gasteiger partial charge in [-0.15, -0.1) is 0 Å². The highest BCUT2D eigenvalue weighted by Crippen LogP contribution is 2.57. The summed E-state index contributed by atoms with van der Waals surface area (Å²) in [5.74, 6) is -32.5. The number of halogens is 12. The predicted molar refractivity (Wildman–Crippen MR) is 66.8 cm³/mol. The molecule has 14 heteroatoms. The fourth-order valence-corrected chi connectivity index (χ4v) is 1.77. The number of alkyl halides is 11. The summed E-state index contributed by atoms with van der Waals surface area (Å²) in [5.41, 5.74) is -1.93. The van der Waals surface area contributed by atoms with Gasteiger partial charge in [-0.25, -0.2) is 0 Å². The summed E-state index contributed by atoms with van der Waals surface area (Å²) in [5, 5.41) is -1.19. The average molecular weight is 437 g/mol. The van der Waals surface area contributed by atoms with Gasteiger partial charge >= 0.3 is 29.9 Å². The van der Waals surface area contributed by atoms with Crippen molar-refractivity contribution in [1.29, 1.82) is 0 Å². The van der Waals surface area contributed by atoms with Crippen LogP contribution in [-0.2, 0) is 0 Å². The fourth-order valence-electron chi connectivity index (χ4n) is 1.65. The van der Waals surface area contributed by atoms with Gasteiger partial charge in [-0.05, 0) is 23.7 Å². The van der Waals surface area contributed by atoms with E-state index >= 15 is 0 Å². The molecule has 0 saturated heterocycles. The van der Waals surface area contributed by atoms with Crippen molar-refractivity contribution in [2.75, 3.05) is 0 Å². The van der Waals surface area contributed by atoms with Crippen LogP contribution >= 0.6 is 11.6 Å². The molecule has 0 bridgehead atoms. The highest BCUT2D eigenvalue weighted by Gasteiger charge is 2.88. The Kier molecular flexibility index (Phi) is 5.65. The van der Waals surface area contributed by atoms with E-state index in [9.17, 15) is 57.9 Å². The zero-order chi connectivity index (χ0) is 21.6. The number of hydrogen-bond donors (Lipinski definition) is 0. The molecule has 152 valence electrons. The number of benzene rings is 1. The SMILES string of the molecule is O=C(Cl)c1ccc(C(=O)C(F)(F)C(F)(F)C(F)(F)C(F)(F)C(F)(F)F)cc1. The van der Waals surface area contributed by atoms with Crippen LogP contribution in [0.25, 0.3) is 0 Å². The number of rotatable bonds is 6.